The van der Waals surface area contributed by atoms with E-state index in [9.17, 15) is 9.90 Å². The molecule has 30 heavy (non-hydrogen) atoms. The number of hydrogen-bond donors (Lipinski definition) is 1. The number of carbonyl (C=O) groups excluding carboxylic acids is 1. The van der Waals surface area contributed by atoms with Crippen molar-refractivity contribution in [3.63, 3.8) is 0 Å². The van der Waals surface area contributed by atoms with Crippen LogP contribution in [0.2, 0.25) is 0 Å². The normalized spacial score (nSPS) is 23.5. The van der Waals surface area contributed by atoms with Crippen molar-refractivity contribution < 1.29 is 38.3 Å². The molecule has 0 unspecified atom stereocenters. The molecule has 0 spiro atoms. The Balaban J connectivity index is 1.85. The number of rotatable bonds is 3. The minimum Gasteiger partial charge on any atom is -0.493 e. The van der Waals surface area contributed by atoms with Crippen LogP contribution in [-0.2, 0) is 16.0 Å². The van der Waals surface area contributed by atoms with Crippen LogP contribution in [-0.4, -0.2) is 45.8 Å². The predicted molar refractivity (Wildman–Crippen MR) is 104 cm³/mol. The van der Waals surface area contributed by atoms with Gasteiger partial charge in [0, 0.05) is 11.5 Å². The van der Waals surface area contributed by atoms with Crippen LogP contribution in [0, 0.1) is 11.8 Å². The lowest BCUT2D eigenvalue weighted by atomic mass is 9.76. The lowest BCUT2D eigenvalue weighted by molar-refractivity contribution is -0.141. The van der Waals surface area contributed by atoms with Gasteiger partial charge in [0.25, 0.3) is 0 Å². The van der Waals surface area contributed by atoms with E-state index >= 15 is 0 Å². The molecule has 2 aliphatic heterocycles. The number of cyclic esters (lactones) is 1. The summed E-state index contributed by atoms with van der Waals surface area (Å²) in [6, 6.07) is 5.46. The molecule has 8 nitrogen and oxygen atoms in total. The number of hydrogen-bond acceptors (Lipinski definition) is 8. The second kappa shape index (κ2) is 6.98. The Morgan fingerprint density at radius 2 is 1.70 bits per heavy atom. The molecule has 5 rings (SSSR count). The Labute approximate surface area is 173 Å². The highest BCUT2D eigenvalue weighted by Crippen LogP contribution is 2.54. The van der Waals surface area contributed by atoms with Crippen LogP contribution in [0.5, 0.6) is 28.7 Å². The zero-order valence-corrected chi connectivity index (χ0v) is 16.9. The quantitative estimate of drug-likeness (QED) is 0.766. The number of benzene rings is 2. The van der Waals surface area contributed by atoms with Gasteiger partial charge in [-0.3, -0.25) is 4.79 Å². The van der Waals surface area contributed by atoms with E-state index in [4.69, 9.17) is 28.4 Å². The average Bonchev–Trinajstić information content (AvgIpc) is 3.36. The van der Waals surface area contributed by atoms with Gasteiger partial charge >= 0.3 is 5.97 Å². The van der Waals surface area contributed by atoms with Gasteiger partial charge in [0.05, 0.1) is 40.0 Å². The molecule has 0 saturated carbocycles. The van der Waals surface area contributed by atoms with Gasteiger partial charge in [0.2, 0.25) is 12.5 Å². The standard InChI is InChI=1S/C22H22O8/c1-25-17-5-10-4-13-14(8-28-22(13)24)19(23)12-7-16-15(29-9-30-16)6-11(12)18(10)21(27-3)20(17)26-2/h5-7,13-14,19,23H,4,8-9H2,1-3H3/t13-,14+,19-/m0/s1. The van der Waals surface area contributed by atoms with E-state index in [-0.39, 0.29) is 25.3 Å². The van der Waals surface area contributed by atoms with E-state index in [1.807, 2.05) is 12.1 Å². The molecule has 1 N–H and O–H groups in total. The third kappa shape index (κ3) is 2.60. The van der Waals surface area contributed by atoms with Gasteiger partial charge in [-0.15, -0.1) is 0 Å². The summed E-state index contributed by atoms with van der Waals surface area (Å²) < 4.78 is 33.3. The zero-order valence-electron chi connectivity index (χ0n) is 16.9. The number of fused-ring (bicyclic) bond motifs is 5. The van der Waals surface area contributed by atoms with Crippen molar-refractivity contribution in [2.45, 2.75) is 12.5 Å². The Hall–Kier alpha value is -3.13. The van der Waals surface area contributed by atoms with Crippen LogP contribution < -0.4 is 23.7 Å². The van der Waals surface area contributed by atoms with Crippen molar-refractivity contribution >= 4 is 5.97 Å². The monoisotopic (exact) mass is 414 g/mol. The summed E-state index contributed by atoms with van der Waals surface area (Å²) in [5, 5.41) is 11.3. The Bertz CT molecular complexity index is 1030. The smallest absolute Gasteiger partial charge is 0.309 e. The molecule has 1 saturated heterocycles. The molecule has 1 fully saturated rings. The zero-order chi connectivity index (χ0) is 21.0. The van der Waals surface area contributed by atoms with Crippen molar-refractivity contribution in [2.75, 3.05) is 34.7 Å². The summed E-state index contributed by atoms with van der Waals surface area (Å²) in [7, 11) is 4.64. The van der Waals surface area contributed by atoms with Gasteiger partial charge in [-0.1, -0.05) is 0 Å². The lowest BCUT2D eigenvalue weighted by Gasteiger charge is -2.30. The number of aliphatic hydroxyl groups is 1. The first-order chi connectivity index (χ1) is 14.6. The Morgan fingerprint density at radius 1 is 0.967 bits per heavy atom. The second-order valence-electron chi connectivity index (χ2n) is 7.52. The molecule has 2 aromatic rings. The maximum Gasteiger partial charge on any atom is 0.309 e. The summed E-state index contributed by atoms with van der Waals surface area (Å²) in [5.41, 5.74) is 2.92. The van der Waals surface area contributed by atoms with Crippen molar-refractivity contribution in [2.24, 2.45) is 11.8 Å². The largest absolute Gasteiger partial charge is 0.493 e. The summed E-state index contributed by atoms with van der Waals surface area (Å²) >= 11 is 0. The second-order valence-corrected chi connectivity index (χ2v) is 7.52. The van der Waals surface area contributed by atoms with Crippen LogP contribution in [0.15, 0.2) is 18.2 Å². The third-order valence-electron chi connectivity index (χ3n) is 6.13. The Morgan fingerprint density at radius 3 is 2.40 bits per heavy atom. The van der Waals surface area contributed by atoms with E-state index in [0.29, 0.717) is 40.7 Å². The number of aliphatic hydroxyl groups excluding tert-OH is 1. The maximum atomic E-state index is 12.5. The molecule has 3 atom stereocenters. The van der Waals surface area contributed by atoms with Gasteiger partial charge in [-0.05, 0) is 41.3 Å². The summed E-state index contributed by atoms with van der Waals surface area (Å²) in [6.45, 7) is 0.274. The topological polar surface area (TPSA) is 92.7 Å². The molecule has 0 bridgehead atoms. The summed E-state index contributed by atoms with van der Waals surface area (Å²) in [5.74, 6) is 1.36. The number of carbonyl (C=O) groups is 1. The van der Waals surface area contributed by atoms with Crippen LogP contribution >= 0.6 is 0 Å². The summed E-state index contributed by atoms with van der Waals surface area (Å²) in [4.78, 5) is 12.5. The molecule has 0 radical (unpaired) electrons. The number of methoxy groups -OCH3 is 3. The fourth-order valence-corrected chi connectivity index (χ4v) is 4.67. The van der Waals surface area contributed by atoms with Gasteiger partial charge in [0.1, 0.15) is 0 Å². The van der Waals surface area contributed by atoms with E-state index in [1.165, 1.54) is 7.11 Å². The maximum absolute atomic E-state index is 12.5. The van der Waals surface area contributed by atoms with E-state index in [1.54, 1.807) is 20.3 Å². The van der Waals surface area contributed by atoms with Crippen molar-refractivity contribution in [1.29, 1.82) is 0 Å². The highest BCUT2D eigenvalue weighted by molar-refractivity contribution is 5.85. The Kier molecular flexibility index (Phi) is 4.39. The van der Waals surface area contributed by atoms with E-state index < -0.39 is 12.0 Å². The molecule has 2 aromatic carbocycles. The number of ether oxygens (including phenoxy) is 6. The molecule has 0 aromatic heterocycles. The first kappa shape index (κ1) is 18.9. The van der Waals surface area contributed by atoms with Crippen LogP contribution in [0.3, 0.4) is 0 Å². The molecule has 8 heteroatoms. The van der Waals surface area contributed by atoms with Gasteiger partial charge in [-0.25, -0.2) is 0 Å². The molecule has 1 aliphatic carbocycles. The van der Waals surface area contributed by atoms with Crippen molar-refractivity contribution in [3.8, 4) is 39.9 Å². The molecule has 158 valence electrons. The van der Waals surface area contributed by atoms with Gasteiger partial charge in [0.15, 0.2) is 23.0 Å². The molecule has 0 amide bonds. The average molecular weight is 414 g/mol. The molecular weight excluding hydrogens is 392 g/mol. The first-order valence-corrected chi connectivity index (χ1v) is 9.67. The van der Waals surface area contributed by atoms with Gasteiger partial charge < -0.3 is 33.5 Å². The van der Waals surface area contributed by atoms with Crippen molar-refractivity contribution in [1.82, 2.24) is 0 Å². The van der Waals surface area contributed by atoms with Crippen molar-refractivity contribution in [3.05, 3.63) is 29.3 Å². The molecule has 2 heterocycles. The van der Waals surface area contributed by atoms with E-state index in [0.717, 1.165) is 16.7 Å². The van der Waals surface area contributed by atoms with Crippen LogP contribution in [0.25, 0.3) is 11.1 Å². The fraction of sp³-hybridized carbons (Fsp3) is 0.409. The van der Waals surface area contributed by atoms with E-state index in [2.05, 4.69) is 0 Å². The SMILES string of the molecule is COc1cc2c(c(OC)c1OC)-c1cc3c(cc1[C@H](O)[C@@H]1COC(=O)[C@H]1C2)OCO3. The molecular formula is C22H22O8. The third-order valence-corrected chi connectivity index (χ3v) is 6.13. The van der Waals surface area contributed by atoms with Crippen LogP contribution in [0.4, 0.5) is 0 Å². The minimum absolute atomic E-state index is 0.109. The highest BCUT2D eigenvalue weighted by atomic mass is 16.7. The lowest BCUT2D eigenvalue weighted by Crippen LogP contribution is -2.27. The number of esters is 1. The van der Waals surface area contributed by atoms with Gasteiger partial charge in [-0.2, -0.15) is 0 Å². The predicted octanol–water partition coefficient (Wildman–Crippen LogP) is 2.49. The first-order valence-electron chi connectivity index (χ1n) is 9.67. The van der Waals surface area contributed by atoms with Crippen LogP contribution in [0.1, 0.15) is 17.2 Å². The minimum atomic E-state index is -0.920. The fourth-order valence-electron chi connectivity index (χ4n) is 4.67. The summed E-state index contributed by atoms with van der Waals surface area (Å²) in [6.07, 6.45) is -0.544. The highest BCUT2D eigenvalue weighted by Gasteiger charge is 2.45. The molecule has 3 aliphatic rings.